The normalized spacial score (nSPS) is 22.3. The lowest BCUT2D eigenvalue weighted by molar-refractivity contribution is -0.188. The van der Waals surface area contributed by atoms with E-state index in [0.717, 1.165) is 0 Å². The molecule has 0 saturated heterocycles. The van der Waals surface area contributed by atoms with Crippen LogP contribution in [0.5, 0.6) is 0 Å². The lowest BCUT2D eigenvalue weighted by Gasteiger charge is -2.29. The van der Waals surface area contributed by atoms with E-state index in [0.29, 0.717) is 25.7 Å². The van der Waals surface area contributed by atoms with Gasteiger partial charge in [-0.2, -0.15) is 18.3 Å². The molecule has 22 heavy (non-hydrogen) atoms. The predicted octanol–water partition coefficient (Wildman–Crippen LogP) is 1.39. The molecule has 1 aliphatic rings. The molecule has 1 amide bonds. The van der Waals surface area contributed by atoms with Gasteiger partial charge in [-0.25, -0.2) is 5.10 Å². The minimum absolute atomic E-state index is 0.0536. The standard InChI is InChI=1S/C13H16F3N3O3/c14-13(15,16)7-22-9-3-1-2-8(6-9)17-12(21)10-4-5-11(20)19-18-10/h4-5,8-9H,1-3,6-7H2,(H,17,21)(H,19,20)/t8-,9-/m0/s1. The summed E-state index contributed by atoms with van der Waals surface area (Å²) in [4.78, 5) is 22.8. The Labute approximate surface area is 124 Å². The second-order valence-corrected chi connectivity index (χ2v) is 5.19. The van der Waals surface area contributed by atoms with Crippen LogP contribution in [-0.2, 0) is 4.74 Å². The van der Waals surface area contributed by atoms with Gasteiger partial charge in [-0.3, -0.25) is 9.59 Å². The number of nitrogens with one attached hydrogen (secondary N) is 2. The van der Waals surface area contributed by atoms with Gasteiger partial charge in [0.05, 0.1) is 6.10 Å². The average molecular weight is 319 g/mol. The van der Waals surface area contributed by atoms with Crippen LogP contribution < -0.4 is 10.9 Å². The SMILES string of the molecule is O=C(N[C@H]1CCC[C@H](OCC(F)(F)F)C1)c1ccc(=O)[nH]n1. The fraction of sp³-hybridized carbons (Fsp3) is 0.615. The van der Waals surface area contributed by atoms with Crippen molar-refractivity contribution < 1.29 is 22.7 Å². The van der Waals surface area contributed by atoms with Crippen molar-refractivity contribution in [2.45, 2.75) is 44.0 Å². The first-order valence-electron chi connectivity index (χ1n) is 6.88. The van der Waals surface area contributed by atoms with Crippen LogP contribution in [0.15, 0.2) is 16.9 Å². The van der Waals surface area contributed by atoms with Gasteiger partial charge < -0.3 is 10.1 Å². The number of hydrogen-bond donors (Lipinski definition) is 2. The first kappa shape index (κ1) is 16.5. The highest BCUT2D eigenvalue weighted by Crippen LogP contribution is 2.24. The van der Waals surface area contributed by atoms with E-state index in [2.05, 4.69) is 15.5 Å². The molecule has 1 aromatic heterocycles. The van der Waals surface area contributed by atoms with Gasteiger partial charge in [0.25, 0.3) is 11.5 Å². The van der Waals surface area contributed by atoms with Crippen molar-refractivity contribution in [3.05, 3.63) is 28.2 Å². The Morgan fingerprint density at radius 2 is 2.18 bits per heavy atom. The molecule has 1 fully saturated rings. The van der Waals surface area contributed by atoms with Gasteiger partial charge in [0.1, 0.15) is 12.3 Å². The Morgan fingerprint density at radius 3 is 2.82 bits per heavy atom. The number of H-pyrrole nitrogens is 1. The van der Waals surface area contributed by atoms with Crippen molar-refractivity contribution in [1.29, 1.82) is 0 Å². The summed E-state index contributed by atoms with van der Waals surface area (Å²) < 4.78 is 41.3. The van der Waals surface area contributed by atoms with E-state index in [1.807, 2.05) is 0 Å². The number of aromatic amines is 1. The Morgan fingerprint density at radius 1 is 1.41 bits per heavy atom. The smallest absolute Gasteiger partial charge is 0.369 e. The molecule has 0 aromatic carbocycles. The average Bonchev–Trinajstić information content (AvgIpc) is 2.45. The highest BCUT2D eigenvalue weighted by Gasteiger charge is 2.31. The molecule has 0 unspecified atom stereocenters. The minimum atomic E-state index is -4.35. The number of carbonyl (C=O) groups excluding carboxylic acids is 1. The molecule has 1 heterocycles. The van der Waals surface area contributed by atoms with Gasteiger partial charge in [0.2, 0.25) is 0 Å². The van der Waals surface area contributed by atoms with Crippen molar-refractivity contribution in [2.24, 2.45) is 0 Å². The third-order valence-corrected chi connectivity index (χ3v) is 3.36. The third-order valence-electron chi connectivity index (χ3n) is 3.36. The Hall–Kier alpha value is -1.90. The van der Waals surface area contributed by atoms with Gasteiger partial charge in [0.15, 0.2) is 0 Å². The molecule has 0 aliphatic heterocycles. The molecular weight excluding hydrogens is 303 g/mol. The summed E-state index contributed by atoms with van der Waals surface area (Å²) in [6.45, 7) is -1.28. The van der Waals surface area contributed by atoms with E-state index in [1.54, 1.807) is 0 Å². The van der Waals surface area contributed by atoms with E-state index >= 15 is 0 Å². The van der Waals surface area contributed by atoms with Crippen LogP contribution in [0.2, 0.25) is 0 Å². The number of amides is 1. The van der Waals surface area contributed by atoms with E-state index in [9.17, 15) is 22.8 Å². The summed E-state index contributed by atoms with van der Waals surface area (Å²) in [5, 5.41) is 8.45. The van der Waals surface area contributed by atoms with Gasteiger partial charge in [0, 0.05) is 12.1 Å². The van der Waals surface area contributed by atoms with Crippen LogP contribution in [0, 0.1) is 0 Å². The molecule has 1 aromatic rings. The fourth-order valence-corrected chi connectivity index (χ4v) is 2.37. The summed E-state index contributed by atoms with van der Waals surface area (Å²) in [6, 6.07) is 2.19. The van der Waals surface area contributed by atoms with Gasteiger partial charge in [-0.15, -0.1) is 0 Å². The monoisotopic (exact) mass is 319 g/mol. The van der Waals surface area contributed by atoms with Crippen LogP contribution in [-0.4, -0.2) is 41.0 Å². The molecule has 6 nitrogen and oxygen atoms in total. The molecule has 9 heteroatoms. The van der Waals surface area contributed by atoms with Gasteiger partial charge in [-0.05, 0) is 31.7 Å². The van der Waals surface area contributed by atoms with Gasteiger partial charge >= 0.3 is 6.18 Å². The maximum atomic E-state index is 12.1. The number of halogens is 3. The zero-order valence-corrected chi connectivity index (χ0v) is 11.7. The van der Waals surface area contributed by atoms with E-state index in [4.69, 9.17) is 4.74 Å². The molecule has 0 spiro atoms. The lowest BCUT2D eigenvalue weighted by Crippen LogP contribution is -2.41. The largest absolute Gasteiger partial charge is 0.411 e. The second-order valence-electron chi connectivity index (χ2n) is 5.19. The van der Waals surface area contributed by atoms with Crippen LogP contribution in [0.4, 0.5) is 13.2 Å². The molecule has 1 saturated carbocycles. The minimum Gasteiger partial charge on any atom is -0.369 e. The predicted molar refractivity (Wildman–Crippen MR) is 70.4 cm³/mol. The zero-order valence-electron chi connectivity index (χ0n) is 11.7. The molecule has 0 radical (unpaired) electrons. The highest BCUT2D eigenvalue weighted by molar-refractivity contribution is 5.92. The molecule has 2 rings (SSSR count). The number of aromatic nitrogens is 2. The molecule has 1 aliphatic carbocycles. The second kappa shape index (κ2) is 6.91. The fourth-order valence-electron chi connectivity index (χ4n) is 2.37. The third kappa shape index (κ3) is 5.14. The van der Waals surface area contributed by atoms with Crippen LogP contribution in [0.1, 0.15) is 36.2 Å². The van der Waals surface area contributed by atoms with Crippen molar-refractivity contribution in [2.75, 3.05) is 6.61 Å². The van der Waals surface area contributed by atoms with Gasteiger partial charge in [-0.1, -0.05) is 0 Å². The summed E-state index contributed by atoms with van der Waals surface area (Å²) in [5.41, 5.74) is -0.368. The van der Waals surface area contributed by atoms with Crippen molar-refractivity contribution >= 4 is 5.91 Å². The van der Waals surface area contributed by atoms with E-state index in [-0.39, 0.29) is 11.7 Å². The number of ether oxygens (including phenoxy) is 1. The number of carbonyl (C=O) groups is 1. The Bertz CT molecular complexity index is 553. The first-order valence-corrected chi connectivity index (χ1v) is 6.88. The van der Waals surface area contributed by atoms with Crippen LogP contribution in [0.25, 0.3) is 0 Å². The summed E-state index contributed by atoms with van der Waals surface area (Å²) in [5.74, 6) is -0.474. The summed E-state index contributed by atoms with van der Waals surface area (Å²) in [6.07, 6.45) is -2.67. The van der Waals surface area contributed by atoms with Crippen LogP contribution in [0.3, 0.4) is 0 Å². The molecule has 122 valence electrons. The molecule has 0 bridgehead atoms. The van der Waals surface area contributed by atoms with Crippen molar-refractivity contribution in [3.63, 3.8) is 0 Å². The number of hydrogen-bond acceptors (Lipinski definition) is 4. The van der Waals surface area contributed by atoms with Crippen molar-refractivity contribution in [3.8, 4) is 0 Å². The Kier molecular flexibility index (Phi) is 5.17. The quantitative estimate of drug-likeness (QED) is 0.878. The van der Waals surface area contributed by atoms with E-state index in [1.165, 1.54) is 12.1 Å². The number of nitrogens with zero attached hydrogens (tertiary/aromatic N) is 1. The molecule has 2 N–H and O–H groups in total. The summed E-state index contributed by atoms with van der Waals surface area (Å²) in [7, 11) is 0. The maximum Gasteiger partial charge on any atom is 0.411 e. The maximum absolute atomic E-state index is 12.1. The van der Waals surface area contributed by atoms with E-state index < -0.39 is 30.4 Å². The topological polar surface area (TPSA) is 84.1 Å². The van der Waals surface area contributed by atoms with Crippen molar-refractivity contribution in [1.82, 2.24) is 15.5 Å². The number of alkyl halides is 3. The number of rotatable bonds is 4. The zero-order chi connectivity index (χ0) is 16.2. The van der Waals surface area contributed by atoms with Crippen LogP contribution >= 0.6 is 0 Å². The molecular formula is C13H16F3N3O3. The molecule has 2 atom stereocenters. The Balaban J connectivity index is 1.86. The lowest BCUT2D eigenvalue weighted by atomic mass is 9.92. The highest BCUT2D eigenvalue weighted by atomic mass is 19.4. The first-order chi connectivity index (χ1) is 10.3. The summed E-state index contributed by atoms with van der Waals surface area (Å²) >= 11 is 0.